The molecule has 11 heteroatoms. The Morgan fingerprint density at radius 1 is 1.16 bits per heavy atom. The number of carboxylic acids is 1. The zero-order chi connectivity index (χ0) is 27.3. The normalized spacial score (nSPS) is 22.5. The molecule has 2 aromatic rings. The predicted octanol–water partition coefficient (Wildman–Crippen LogP) is 2.11. The molecule has 0 bridgehead atoms. The van der Waals surface area contributed by atoms with Gasteiger partial charge in [-0.15, -0.1) is 0 Å². The van der Waals surface area contributed by atoms with Gasteiger partial charge in [0.05, 0.1) is 18.9 Å². The first-order chi connectivity index (χ1) is 17.4. The molecule has 0 saturated carbocycles. The largest absolute Gasteiger partial charge is 0.503 e. The van der Waals surface area contributed by atoms with Crippen LogP contribution in [0.2, 0.25) is 0 Å². The first-order valence-corrected chi connectivity index (χ1v) is 11.7. The van der Waals surface area contributed by atoms with E-state index in [1.165, 1.54) is 40.1 Å². The Hall–Kier alpha value is -4.15. The minimum atomic E-state index is -1.49. The number of carbonyl (C=O) groups excluding carboxylic acids is 3. The van der Waals surface area contributed by atoms with Gasteiger partial charge in [-0.2, -0.15) is 0 Å². The fourth-order valence-corrected chi connectivity index (χ4v) is 4.26. The molecule has 11 nitrogen and oxygen atoms in total. The summed E-state index contributed by atoms with van der Waals surface area (Å²) in [6, 6.07) is 8.72. The van der Waals surface area contributed by atoms with Crippen LogP contribution in [0, 0.1) is 11.3 Å². The van der Waals surface area contributed by atoms with E-state index in [-0.39, 0.29) is 18.6 Å². The number of amides is 1. The van der Waals surface area contributed by atoms with Gasteiger partial charge < -0.3 is 29.7 Å². The van der Waals surface area contributed by atoms with E-state index in [0.717, 1.165) is 0 Å². The van der Waals surface area contributed by atoms with Gasteiger partial charge >= 0.3 is 17.9 Å². The van der Waals surface area contributed by atoms with Crippen LogP contribution in [0.15, 0.2) is 42.6 Å². The Kier molecular flexibility index (Phi) is 8.36. The number of ether oxygens (including phenoxy) is 3. The molecule has 1 aromatic heterocycles. The highest BCUT2D eigenvalue weighted by Crippen LogP contribution is 2.36. The van der Waals surface area contributed by atoms with Crippen molar-refractivity contribution in [3.05, 3.63) is 53.9 Å². The highest BCUT2D eigenvalue weighted by molar-refractivity contribution is 5.98. The highest BCUT2D eigenvalue weighted by atomic mass is 16.6. The van der Waals surface area contributed by atoms with Crippen LogP contribution in [0.3, 0.4) is 0 Å². The fraction of sp³-hybridized carbons (Fsp3) is 0.423. The van der Waals surface area contributed by atoms with Crippen molar-refractivity contribution in [3.63, 3.8) is 0 Å². The van der Waals surface area contributed by atoms with Crippen LogP contribution in [0.5, 0.6) is 11.5 Å². The van der Waals surface area contributed by atoms with Gasteiger partial charge in [0.1, 0.15) is 12.2 Å². The summed E-state index contributed by atoms with van der Waals surface area (Å²) in [6.45, 7) is 4.37. The summed E-state index contributed by atoms with van der Waals surface area (Å²) >= 11 is 0. The third-order valence-corrected chi connectivity index (χ3v) is 6.53. The quantitative estimate of drug-likeness (QED) is 0.467. The van der Waals surface area contributed by atoms with Gasteiger partial charge in [0.15, 0.2) is 23.2 Å². The number of methoxy groups -OCH3 is 1. The molecule has 1 aliphatic rings. The average Bonchev–Trinajstić information content (AvgIpc) is 2.89. The summed E-state index contributed by atoms with van der Waals surface area (Å²) in [5.74, 6) is -5.21. The second-order valence-corrected chi connectivity index (χ2v) is 9.36. The average molecular weight is 515 g/mol. The molecule has 4 atom stereocenters. The lowest BCUT2D eigenvalue weighted by molar-refractivity contribution is -0.164. The number of aromatic nitrogens is 1. The zero-order valence-electron chi connectivity index (χ0n) is 21.0. The lowest BCUT2D eigenvalue weighted by Gasteiger charge is -2.33. The number of aromatic hydroxyl groups is 1. The van der Waals surface area contributed by atoms with Crippen LogP contribution in [0.1, 0.15) is 43.2 Å². The lowest BCUT2D eigenvalue weighted by atomic mass is 9.74. The summed E-state index contributed by atoms with van der Waals surface area (Å²) in [6.07, 6.45) is -1.22. The molecule has 198 valence electrons. The van der Waals surface area contributed by atoms with Gasteiger partial charge in [-0.25, -0.2) is 9.78 Å². The standard InChI is InChI=1S/C26H30N2O9/c1-14-16(26(2,3)25(33)34)13-19(29)37-18(12-15-8-6-5-7-9-15)20(24(32)36-14)28-23(31)21-22(30)17(35-4)10-11-27-21/h5-11,14,16,18,20,30H,12-13H2,1-4H3,(H,28,31)(H,33,34)/t14?,16-,18-,20?/m0/s1. The number of carbonyl (C=O) groups is 4. The van der Waals surface area contributed by atoms with Crippen molar-refractivity contribution in [2.24, 2.45) is 11.3 Å². The second kappa shape index (κ2) is 11.3. The highest BCUT2D eigenvalue weighted by Gasteiger charge is 2.46. The molecule has 0 aliphatic carbocycles. The topological polar surface area (TPSA) is 161 Å². The van der Waals surface area contributed by atoms with Crippen molar-refractivity contribution in [2.45, 2.75) is 51.9 Å². The Morgan fingerprint density at radius 3 is 2.46 bits per heavy atom. The Balaban J connectivity index is 2.00. The maximum Gasteiger partial charge on any atom is 0.332 e. The van der Waals surface area contributed by atoms with Crippen LogP contribution in [-0.4, -0.2) is 64.4 Å². The van der Waals surface area contributed by atoms with Crippen molar-refractivity contribution in [1.82, 2.24) is 10.3 Å². The molecule has 37 heavy (non-hydrogen) atoms. The van der Waals surface area contributed by atoms with Crippen LogP contribution in [0.4, 0.5) is 0 Å². The molecular formula is C26H30N2O9. The molecule has 1 aliphatic heterocycles. The van der Waals surface area contributed by atoms with Crippen LogP contribution < -0.4 is 10.1 Å². The maximum absolute atomic E-state index is 13.4. The molecular weight excluding hydrogens is 484 g/mol. The smallest absolute Gasteiger partial charge is 0.332 e. The number of benzene rings is 1. The van der Waals surface area contributed by atoms with E-state index in [0.29, 0.717) is 5.56 Å². The van der Waals surface area contributed by atoms with Crippen molar-refractivity contribution < 1.29 is 43.6 Å². The SMILES string of the molecule is COc1ccnc(C(=O)NC2C(=O)OC(C)[C@@H](C(C)(C)C(=O)O)CC(=O)O[C@H]2Cc2ccccc2)c1O. The molecule has 3 rings (SSSR count). The number of hydrogen-bond acceptors (Lipinski definition) is 9. The molecule has 2 unspecified atom stereocenters. The summed E-state index contributed by atoms with van der Waals surface area (Å²) < 4.78 is 16.3. The minimum Gasteiger partial charge on any atom is -0.503 e. The number of hydrogen-bond donors (Lipinski definition) is 3. The monoisotopic (exact) mass is 514 g/mol. The predicted molar refractivity (Wildman–Crippen MR) is 129 cm³/mol. The van der Waals surface area contributed by atoms with E-state index in [4.69, 9.17) is 14.2 Å². The van der Waals surface area contributed by atoms with Crippen molar-refractivity contribution in [1.29, 1.82) is 0 Å². The molecule has 2 heterocycles. The van der Waals surface area contributed by atoms with Crippen LogP contribution in [-0.2, 0) is 30.3 Å². The number of pyridine rings is 1. The summed E-state index contributed by atoms with van der Waals surface area (Å²) in [4.78, 5) is 55.2. The molecule has 0 radical (unpaired) electrons. The van der Waals surface area contributed by atoms with Gasteiger partial charge in [-0.05, 0) is 26.3 Å². The Morgan fingerprint density at radius 2 is 1.84 bits per heavy atom. The lowest BCUT2D eigenvalue weighted by Crippen LogP contribution is -2.52. The number of aliphatic carboxylic acids is 1. The van der Waals surface area contributed by atoms with Gasteiger partial charge in [-0.3, -0.25) is 14.4 Å². The first kappa shape index (κ1) is 27.4. The number of rotatable bonds is 7. The summed E-state index contributed by atoms with van der Waals surface area (Å²) in [7, 11) is 1.30. The van der Waals surface area contributed by atoms with Gasteiger partial charge in [-0.1, -0.05) is 30.3 Å². The van der Waals surface area contributed by atoms with E-state index in [1.807, 2.05) is 0 Å². The molecule has 0 spiro atoms. The number of nitrogens with zero attached hydrogens (tertiary/aromatic N) is 1. The molecule has 1 fully saturated rings. The van der Waals surface area contributed by atoms with Gasteiger partial charge in [0.25, 0.3) is 5.91 Å². The van der Waals surface area contributed by atoms with E-state index < -0.39 is 64.8 Å². The summed E-state index contributed by atoms with van der Waals surface area (Å²) in [5, 5.41) is 22.5. The van der Waals surface area contributed by atoms with Crippen molar-refractivity contribution >= 4 is 23.8 Å². The van der Waals surface area contributed by atoms with E-state index in [9.17, 15) is 29.4 Å². The zero-order valence-corrected chi connectivity index (χ0v) is 21.0. The molecule has 3 N–H and O–H groups in total. The number of cyclic esters (lactones) is 2. The molecule has 1 amide bonds. The first-order valence-electron chi connectivity index (χ1n) is 11.7. The van der Waals surface area contributed by atoms with E-state index in [1.54, 1.807) is 30.3 Å². The molecule has 1 aromatic carbocycles. The molecule has 1 saturated heterocycles. The number of nitrogens with one attached hydrogen (secondary N) is 1. The Labute approximate surface area is 213 Å². The Bertz CT molecular complexity index is 1170. The maximum atomic E-state index is 13.4. The summed E-state index contributed by atoms with van der Waals surface area (Å²) in [5.41, 5.74) is -1.12. The third kappa shape index (κ3) is 6.16. The van der Waals surface area contributed by atoms with Crippen LogP contribution >= 0.6 is 0 Å². The second-order valence-electron chi connectivity index (χ2n) is 9.36. The number of esters is 2. The van der Waals surface area contributed by atoms with E-state index >= 15 is 0 Å². The van der Waals surface area contributed by atoms with E-state index in [2.05, 4.69) is 10.3 Å². The number of carboxylic acid groups (broad SMARTS) is 1. The minimum absolute atomic E-state index is 0.00294. The van der Waals surface area contributed by atoms with Crippen molar-refractivity contribution in [3.8, 4) is 11.5 Å². The fourth-order valence-electron chi connectivity index (χ4n) is 4.26. The van der Waals surface area contributed by atoms with Crippen LogP contribution in [0.25, 0.3) is 0 Å². The van der Waals surface area contributed by atoms with Gasteiger partial charge in [0, 0.05) is 24.6 Å². The third-order valence-electron chi connectivity index (χ3n) is 6.53. The van der Waals surface area contributed by atoms with Crippen molar-refractivity contribution in [2.75, 3.05) is 7.11 Å². The van der Waals surface area contributed by atoms with Gasteiger partial charge in [0.2, 0.25) is 0 Å².